The van der Waals surface area contributed by atoms with E-state index in [4.69, 9.17) is 0 Å². The lowest BCUT2D eigenvalue weighted by Crippen LogP contribution is -2.44. The molecule has 1 saturated carbocycles. The number of nitrogens with zero attached hydrogens (tertiary/aromatic N) is 1. The summed E-state index contributed by atoms with van der Waals surface area (Å²) in [6.45, 7) is 4.79. The molecule has 0 radical (unpaired) electrons. The Morgan fingerprint density at radius 1 is 1.43 bits per heavy atom. The molecule has 2 rings (SSSR count). The van der Waals surface area contributed by atoms with Gasteiger partial charge in [0.05, 0.1) is 11.2 Å². The van der Waals surface area contributed by atoms with Crippen LogP contribution in [0.3, 0.4) is 0 Å². The summed E-state index contributed by atoms with van der Waals surface area (Å²) >= 11 is 0. The average molecular weight is 291 g/mol. The van der Waals surface area contributed by atoms with Gasteiger partial charge in [0.2, 0.25) is 0 Å². The summed E-state index contributed by atoms with van der Waals surface area (Å²) in [7, 11) is 1.59. The SMILES string of the molecule is CNC(=O)c1cccnc1NC[C@]1(O)CCCC(C)(C)C1. The summed E-state index contributed by atoms with van der Waals surface area (Å²) in [5.41, 5.74) is -0.0829. The van der Waals surface area contributed by atoms with Crippen LogP contribution >= 0.6 is 0 Å². The van der Waals surface area contributed by atoms with E-state index in [9.17, 15) is 9.90 Å². The van der Waals surface area contributed by atoms with E-state index in [1.165, 1.54) is 0 Å². The van der Waals surface area contributed by atoms with E-state index in [0.717, 1.165) is 25.7 Å². The summed E-state index contributed by atoms with van der Waals surface area (Å²) in [6.07, 6.45) is 5.35. The Balaban J connectivity index is 2.08. The summed E-state index contributed by atoms with van der Waals surface area (Å²) in [6, 6.07) is 3.46. The third kappa shape index (κ3) is 3.94. The fourth-order valence-electron chi connectivity index (χ4n) is 3.23. The molecule has 0 bridgehead atoms. The van der Waals surface area contributed by atoms with E-state index in [-0.39, 0.29) is 11.3 Å². The van der Waals surface area contributed by atoms with Crippen molar-refractivity contribution in [2.45, 2.75) is 45.1 Å². The molecule has 1 fully saturated rings. The highest BCUT2D eigenvalue weighted by atomic mass is 16.3. The Kier molecular flexibility index (Phi) is 4.52. The molecule has 0 aliphatic heterocycles. The largest absolute Gasteiger partial charge is 0.388 e. The smallest absolute Gasteiger partial charge is 0.254 e. The van der Waals surface area contributed by atoms with Gasteiger partial charge in [-0.1, -0.05) is 13.8 Å². The molecule has 3 N–H and O–H groups in total. The summed E-state index contributed by atoms with van der Waals surface area (Å²) in [5, 5.41) is 16.5. The van der Waals surface area contributed by atoms with Gasteiger partial charge in [-0.15, -0.1) is 0 Å². The number of hydrogen-bond acceptors (Lipinski definition) is 4. The number of pyridine rings is 1. The minimum absolute atomic E-state index is 0.155. The molecule has 1 aromatic heterocycles. The lowest BCUT2D eigenvalue weighted by molar-refractivity contribution is -0.0278. The quantitative estimate of drug-likeness (QED) is 0.795. The molecule has 1 atom stereocenters. The normalized spacial score (nSPS) is 24.4. The monoisotopic (exact) mass is 291 g/mol. The average Bonchev–Trinajstić information content (AvgIpc) is 2.43. The lowest BCUT2D eigenvalue weighted by Gasteiger charge is -2.41. The van der Waals surface area contributed by atoms with Gasteiger partial charge in [-0.2, -0.15) is 0 Å². The van der Waals surface area contributed by atoms with Gasteiger partial charge >= 0.3 is 0 Å². The Hall–Kier alpha value is -1.62. The lowest BCUT2D eigenvalue weighted by atomic mass is 9.70. The zero-order valence-corrected chi connectivity index (χ0v) is 13.1. The van der Waals surface area contributed by atoms with Crippen molar-refractivity contribution < 1.29 is 9.90 Å². The van der Waals surface area contributed by atoms with Crippen LogP contribution in [0.4, 0.5) is 5.82 Å². The van der Waals surface area contributed by atoms with Crippen molar-refractivity contribution in [2.24, 2.45) is 5.41 Å². The first kappa shape index (κ1) is 15.8. The van der Waals surface area contributed by atoms with Crippen LogP contribution in [0.15, 0.2) is 18.3 Å². The zero-order chi connectivity index (χ0) is 15.5. The minimum Gasteiger partial charge on any atom is -0.388 e. The maximum atomic E-state index is 11.8. The van der Waals surface area contributed by atoms with Crippen LogP contribution < -0.4 is 10.6 Å². The molecular weight excluding hydrogens is 266 g/mol. The molecule has 0 saturated heterocycles. The van der Waals surface area contributed by atoms with E-state index in [2.05, 4.69) is 29.5 Å². The fourth-order valence-corrected chi connectivity index (χ4v) is 3.23. The number of anilines is 1. The second-order valence-electron chi connectivity index (χ2n) is 6.75. The summed E-state index contributed by atoms with van der Waals surface area (Å²) < 4.78 is 0. The van der Waals surface area contributed by atoms with Crippen molar-refractivity contribution >= 4 is 11.7 Å². The summed E-state index contributed by atoms with van der Waals surface area (Å²) in [5.74, 6) is 0.343. The van der Waals surface area contributed by atoms with E-state index in [0.29, 0.717) is 17.9 Å². The van der Waals surface area contributed by atoms with Crippen LogP contribution in [-0.2, 0) is 0 Å². The van der Waals surface area contributed by atoms with Gasteiger partial charge in [-0.3, -0.25) is 4.79 Å². The Bertz CT molecular complexity index is 516. The van der Waals surface area contributed by atoms with Gasteiger partial charge in [0, 0.05) is 19.8 Å². The molecule has 1 aromatic rings. The molecule has 116 valence electrons. The predicted octanol–water partition coefficient (Wildman–Crippen LogP) is 2.18. The van der Waals surface area contributed by atoms with E-state index in [1.54, 1.807) is 25.4 Å². The number of aliphatic hydroxyl groups is 1. The van der Waals surface area contributed by atoms with E-state index >= 15 is 0 Å². The van der Waals surface area contributed by atoms with Crippen molar-refractivity contribution in [3.05, 3.63) is 23.9 Å². The maximum Gasteiger partial charge on any atom is 0.254 e. The number of rotatable bonds is 4. The number of hydrogen-bond donors (Lipinski definition) is 3. The second-order valence-corrected chi connectivity index (χ2v) is 6.75. The molecule has 1 aliphatic carbocycles. The minimum atomic E-state index is -0.737. The topological polar surface area (TPSA) is 74.2 Å². The first-order valence-corrected chi connectivity index (χ1v) is 7.49. The molecule has 1 heterocycles. The van der Waals surface area contributed by atoms with Crippen LogP contribution in [0, 0.1) is 5.41 Å². The number of carbonyl (C=O) groups excluding carboxylic acids is 1. The highest BCUT2D eigenvalue weighted by Gasteiger charge is 2.38. The number of nitrogens with one attached hydrogen (secondary N) is 2. The zero-order valence-electron chi connectivity index (χ0n) is 13.1. The van der Waals surface area contributed by atoms with Crippen LogP contribution in [0.1, 0.15) is 49.9 Å². The van der Waals surface area contributed by atoms with Crippen LogP contribution in [-0.4, -0.2) is 35.2 Å². The molecular formula is C16H25N3O2. The molecule has 5 nitrogen and oxygen atoms in total. The number of amides is 1. The van der Waals surface area contributed by atoms with Gasteiger partial charge in [0.15, 0.2) is 0 Å². The molecule has 5 heteroatoms. The van der Waals surface area contributed by atoms with Crippen LogP contribution in [0.25, 0.3) is 0 Å². The van der Waals surface area contributed by atoms with Gasteiger partial charge in [0.1, 0.15) is 5.82 Å². The molecule has 0 unspecified atom stereocenters. The molecule has 1 amide bonds. The van der Waals surface area contributed by atoms with Crippen LogP contribution in [0.2, 0.25) is 0 Å². The molecule has 0 spiro atoms. The van der Waals surface area contributed by atoms with Crippen molar-refractivity contribution in [3.8, 4) is 0 Å². The molecule has 1 aliphatic rings. The second kappa shape index (κ2) is 6.02. The van der Waals surface area contributed by atoms with Crippen molar-refractivity contribution in [1.29, 1.82) is 0 Å². The van der Waals surface area contributed by atoms with Gasteiger partial charge in [-0.25, -0.2) is 4.98 Å². The Morgan fingerprint density at radius 2 is 2.19 bits per heavy atom. The first-order chi connectivity index (χ1) is 9.85. The Labute approximate surface area is 126 Å². The van der Waals surface area contributed by atoms with Gasteiger partial charge < -0.3 is 15.7 Å². The first-order valence-electron chi connectivity index (χ1n) is 7.49. The maximum absolute atomic E-state index is 11.8. The van der Waals surface area contributed by atoms with Gasteiger partial charge in [0.25, 0.3) is 5.91 Å². The van der Waals surface area contributed by atoms with E-state index in [1.807, 2.05) is 0 Å². The van der Waals surface area contributed by atoms with Gasteiger partial charge in [-0.05, 0) is 43.2 Å². The third-order valence-electron chi connectivity index (χ3n) is 4.17. The predicted molar refractivity (Wildman–Crippen MR) is 83.3 cm³/mol. The van der Waals surface area contributed by atoms with E-state index < -0.39 is 5.60 Å². The summed E-state index contributed by atoms with van der Waals surface area (Å²) in [4.78, 5) is 16.0. The van der Waals surface area contributed by atoms with Crippen LogP contribution in [0.5, 0.6) is 0 Å². The third-order valence-corrected chi connectivity index (χ3v) is 4.17. The van der Waals surface area contributed by atoms with Crippen molar-refractivity contribution in [1.82, 2.24) is 10.3 Å². The fraction of sp³-hybridized carbons (Fsp3) is 0.625. The highest BCUT2D eigenvalue weighted by molar-refractivity contribution is 5.98. The molecule has 0 aromatic carbocycles. The standard InChI is InChI=1S/C16H25N3O2/c1-15(2)7-5-8-16(21,10-15)11-19-13-12(14(20)17-3)6-4-9-18-13/h4,6,9,21H,5,7-8,10-11H2,1-3H3,(H,17,20)(H,18,19)/t16-/m0/s1. The van der Waals surface area contributed by atoms with Crippen molar-refractivity contribution in [3.63, 3.8) is 0 Å². The molecule has 21 heavy (non-hydrogen) atoms. The number of aromatic nitrogens is 1. The highest BCUT2D eigenvalue weighted by Crippen LogP contribution is 2.40. The Morgan fingerprint density at radius 3 is 2.86 bits per heavy atom. The number of carbonyl (C=O) groups is 1. The van der Waals surface area contributed by atoms with Crippen molar-refractivity contribution in [2.75, 3.05) is 18.9 Å².